The molecule has 0 bridgehead atoms. The van der Waals surface area contributed by atoms with Crippen molar-refractivity contribution in [2.45, 2.75) is 65.3 Å². The third-order valence-electron chi connectivity index (χ3n) is 6.00. The molecule has 1 saturated heterocycles. The minimum absolute atomic E-state index is 0.0181. The van der Waals surface area contributed by atoms with Crippen LogP contribution in [0.15, 0.2) is 24.3 Å². The maximum absolute atomic E-state index is 12.6. The minimum atomic E-state index is -0.224. The lowest BCUT2D eigenvalue weighted by atomic mass is 10.0. The van der Waals surface area contributed by atoms with Gasteiger partial charge in [-0.1, -0.05) is 29.8 Å². The van der Waals surface area contributed by atoms with Crippen molar-refractivity contribution in [1.29, 1.82) is 0 Å². The zero-order valence-corrected chi connectivity index (χ0v) is 19.5. The number of aryl methyl sites for hydroxylation is 2. The summed E-state index contributed by atoms with van der Waals surface area (Å²) in [7, 11) is 0. The van der Waals surface area contributed by atoms with Crippen LogP contribution < -0.4 is 10.2 Å². The number of nitrogens with zero attached hydrogens (tertiary/aromatic N) is 4. The first-order valence-electron chi connectivity index (χ1n) is 11.4. The van der Waals surface area contributed by atoms with Crippen molar-refractivity contribution in [3.63, 3.8) is 0 Å². The van der Waals surface area contributed by atoms with Crippen molar-refractivity contribution in [1.82, 2.24) is 20.2 Å². The van der Waals surface area contributed by atoms with Crippen LogP contribution in [0.4, 0.5) is 10.6 Å². The van der Waals surface area contributed by atoms with Gasteiger partial charge in [0.15, 0.2) is 0 Å². The van der Waals surface area contributed by atoms with E-state index < -0.39 is 0 Å². The predicted octanol–water partition coefficient (Wildman–Crippen LogP) is 4.19. The van der Waals surface area contributed by atoms with E-state index in [4.69, 9.17) is 9.97 Å². The number of carbonyl (C=O) groups is 1. The van der Waals surface area contributed by atoms with Gasteiger partial charge in [0.05, 0.1) is 0 Å². The lowest BCUT2D eigenvalue weighted by Gasteiger charge is -2.37. The third-order valence-corrected chi connectivity index (χ3v) is 6.00. The van der Waals surface area contributed by atoms with Crippen LogP contribution in [-0.2, 0) is 6.42 Å². The number of amides is 2. The number of benzene rings is 1. The monoisotopic (exact) mass is 421 g/mol. The van der Waals surface area contributed by atoms with Crippen molar-refractivity contribution < 1.29 is 4.79 Å². The summed E-state index contributed by atoms with van der Waals surface area (Å²) >= 11 is 0. The number of nitrogens with one attached hydrogen (secondary N) is 1. The molecule has 6 nitrogen and oxygen atoms in total. The van der Waals surface area contributed by atoms with Gasteiger partial charge in [-0.15, -0.1) is 0 Å². The molecule has 2 aliphatic rings. The summed E-state index contributed by atoms with van der Waals surface area (Å²) in [6.45, 7) is 13.3. The largest absolute Gasteiger partial charge is 0.353 e. The van der Waals surface area contributed by atoms with E-state index in [2.05, 4.69) is 48.3 Å². The van der Waals surface area contributed by atoms with Gasteiger partial charge in [0.1, 0.15) is 11.6 Å². The molecule has 6 heteroatoms. The minimum Gasteiger partial charge on any atom is -0.353 e. The standard InChI is InChI=1S/C25H35N5O/c1-17-6-8-19(9-7-17)16-21-18(2)26-22(20-10-11-20)27-23(21)29-12-14-30(15-13-29)24(31)28-25(3,4)5/h6-9,20H,10-16H2,1-5H3,(H,28,31). The lowest BCUT2D eigenvalue weighted by Crippen LogP contribution is -2.55. The molecule has 1 aliphatic carbocycles. The van der Waals surface area contributed by atoms with Gasteiger partial charge in [-0.05, 0) is 53.0 Å². The maximum atomic E-state index is 12.6. The molecule has 2 heterocycles. The molecule has 31 heavy (non-hydrogen) atoms. The first kappa shape index (κ1) is 21.6. The van der Waals surface area contributed by atoms with Gasteiger partial charge < -0.3 is 15.1 Å². The highest BCUT2D eigenvalue weighted by atomic mass is 16.2. The fourth-order valence-electron chi connectivity index (χ4n) is 4.03. The van der Waals surface area contributed by atoms with Gasteiger partial charge in [0.2, 0.25) is 0 Å². The summed E-state index contributed by atoms with van der Waals surface area (Å²) < 4.78 is 0. The van der Waals surface area contributed by atoms with E-state index in [9.17, 15) is 4.79 Å². The van der Waals surface area contributed by atoms with Crippen LogP contribution in [-0.4, -0.2) is 52.6 Å². The summed E-state index contributed by atoms with van der Waals surface area (Å²) in [5.41, 5.74) is 4.62. The van der Waals surface area contributed by atoms with Crippen molar-refractivity contribution in [3.8, 4) is 0 Å². The molecule has 1 aliphatic heterocycles. The number of rotatable bonds is 4. The highest BCUT2D eigenvalue weighted by Gasteiger charge is 2.31. The predicted molar refractivity (Wildman–Crippen MR) is 125 cm³/mol. The summed E-state index contributed by atoms with van der Waals surface area (Å²) in [6, 6.07) is 8.74. The Morgan fingerprint density at radius 3 is 2.26 bits per heavy atom. The van der Waals surface area contributed by atoms with E-state index in [0.29, 0.717) is 19.0 Å². The van der Waals surface area contributed by atoms with Crippen molar-refractivity contribution in [3.05, 3.63) is 52.5 Å². The van der Waals surface area contributed by atoms with Crippen molar-refractivity contribution in [2.24, 2.45) is 0 Å². The topological polar surface area (TPSA) is 61.4 Å². The van der Waals surface area contributed by atoms with E-state index in [1.165, 1.54) is 29.5 Å². The molecule has 1 saturated carbocycles. The Morgan fingerprint density at radius 2 is 1.68 bits per heavy atom. The number of carbonyl (C=O) groups excluding carboxylic acids is 1. The lowest BCUT2D eigenvalue weighted by molar-refractivity contribution is 0.185. The van der Waals surface area contributed by atoms with Crippen LogP contribution in [0.1, 0.15) is 67.7 Å². The Labute approximate surface area is 186 Å². The fourth-order valence-corrected chi connectivity index (χ4v) is 4.03. The SMILES string of the molecule is Cc1ccc(Cc2c(C)nc(C3CC3)nc2N2CCN(C(=O)NC(C)(C)C)CC2)cc1. The zero-order valence-electron chi connectivity index (χ0n) is 19.5. The Bertz CT molecular complexity index is 936. The van der Waals surface area contributed by atoms with Gasteiger partial charge in [-0.3, -0.25) is 0 Å². The quantitative estimate of drug-likeness (QED) is 0.804. The number of hydrogen-bond donors (Lipinski definition) is 1. The molecule has 0 radical (unpaired) electrons. The molecule has 0 unspecified atom stereocenters. The highest BCUT2D eigenvalue weighted by Crippen LogP contribution is 2.39. The number of urea groups is 1. The Kier molecular flexibility index (Phi) is 5.91. The molecule has 0 atom stereocenters. The second-order valence-corrected chi connectivity index (χ2v) is 10.1. The number of anilines is 1. The summed E-state index contributed by atoms with van der Waals surface area (Å²) in [5.74, 6) is 2.57. The van der Waals surface area contributed by atoms with Crippen LogP contribution in [0.3, 0.4) is 0 Å². The van der Waals surface area contributed by atoms with E-state index in [1.54, 1.807) is 0 Å². The molecule has 1 aromatic heterocycles. The first-order valence-corrected chi connectivity index (χ1v) is 11.4. The van der Waals surface area contributed by atoms with Crippen LogP contribution in [0.2, 0.25) is 0 Å². The van der Waals surface area contributed by atoms with Crippen LogP contribution in [0.5, 0.6) is 0 Å². The average Bonchev–Trinajstić information content (AvgIpc) is 3.55. The van der Waals surface area contributed by atoms with Crippen molar-refractivity contribution >= 4 is 11.8 Å². The zero-order chi connectivity index (χ0) is 22.2. The number of aromatic nitrogens is 2. The first-order chi connectivity index (χ1) is 14.7. The fraction of sp³-hybridized carbons (Fsp3) is 0.560. The maximum Gasteiger partial charge on any atom is 0.317 e. The molecule has 2 aromatic rings. The summed E-state index contributed by atoms with van der Waals surface area (Å²) in [4.78, 5) is 26.8. The molecule has 0 spiro atoms. The van der Waals surface area contributed by atoms with Crippen molar-refractivity contribution in [2.75, 3.05) is 31.1 Å². The van der Waals surface area contributed by atoms with Crippen LogP contribution in [0, 0.1) is 13.8 Å². The molecule has 4 rings (SSSR count). The molecule has 2 fully saturated rings. The van der Waals surface area contributed by atoms with Gasteiger partial charge in [-0.2, -0.15) is 0 Å². The molecular weight excluding hydrogens is 386 g/mol. The number of piperazine rings is 1. The number of hydrogen-bond acceptors (Lipinski definition) is 4. The van der Waals surface area contributed by atoms with E-state index in [0.717, 1.165) is 36.8 Å². The van der Waals surface area contributed by atoms with E-state index in [1.807, 2.05) is 25.7 Å². The average molecular weight is 422 g/mol. The molecule has 2 amide bonds. The van der Waals surface area contributed by atoms with Crippen LogP contribution in [0.25, 0.3) is 0 Å². The normalized spacial score (nSPS) is 17.1. The van der Waals surface area contributed by atoms with Gasteiger partial charge in [0.25, 0.3) is 0 Å². The Balaban J connectivity index is 1.55. The van der Waals surface area contributed by atoms with Gasteiger partial charge in [-0.25, -0.2) is 14.8 Å². The van der Waals surface area contributed by atoms with Gasteiger partial charge >= 0.3 is 6.03 Å². The summed E-state index contributed by atoms with van der Waals surface area (Å²) in [6.07, 6.45) is 3.21. The third kappa shape index (κ3) is 5.35. The molecule has 1 aromatic carbocycles. The van der Waals surface area contributed by atoms with E-state index >= 15 is 0 Å². The second kappa shape index (κ2) is 8.48. The highest BCUT2D eigenvalue weighted by molar-refractivity contribution is 5.75. The summed E-state index contributed by atoms with van der Waals surface area (Å²) in [5, 5.41) is 3.08. The smallest absolute Gasteiger partial charge is 0.317 e. The van der Waals surface area contributed by atoms with E-state index in [-0.39, 0.29) is 11.6 Å². The molecule has 1 N–H and O–H groups in total. The van der Waals surface area contributed by atoms with Crippen LogP contribution >= 0.6 is 0 Å². The Hall–Kier alpha value is -2.63. The van der Waals surface area contributed by atoms with Gasteiger partial charge in [0, 0.05) is 55.3 Å². The molecular formula is C25H35N5O. The molecule has 166 valence electrons. The Morgan fingerprint density at radius 1 is 1.03 bits per heavy atom. The second-order valence-electron chi connectivity index (χ2n) is 10.1.